The highest BCUT2D eigenvalue weighted by atomic mass is 19.4. The molecule has 0 aliphatic carbocycles. The number of benzene rings is 1. The van der Waals surface area contributed by atoms with Crippen molar-refractivity contribution in [1.29, 1.82) is 0 Å². The summed E-state index contributed by atoms with van der Waals surface area (Å²) >= 11 is 0. The number of aliphatic imine (C=N–C) groups is 1. The predicted molar refractivity (Wildman–Crippen MR) is 68.4 cm³/mol. The van der Waals surface area contributed by atoms with Gasteiger partial charge in [-0.15, -0.1) is 0 Å². The Bertz CT molecular complexity index is 472. The largest absolute Gasteiger partial charge is 0.496 e. The molecule has 0 amide bonds. The summed E-state index contributed by atoms with van der Waals surface area (Å²) in [6, 6.07) is 4.52. The van der Waals surface area contributed by atoms with Crippen LogP contribution in [0.2, 0.25) is 0 Å². The van der Waals surface area contributed by atoms with E-state index in [1.54, 1.807) is 13.0 Å². The van der Waals surface area contributed by atoms with E-state index in [-0.39, 0.29) is 12.2 Å². The molecule has 0 fully saturated rings. The van der Waals surface area contributed by atoms with E-state index in [1.165, 1.54) is 26.2 Å². The van der Waals surface area contributed by atoms with Crippen LogP contribution in [0.15, 0.2) is 23.2 Å². The molecule has 0 atom stereocenters. The zero-order chi connectivity index (χ0) is 14.6. The lowest BCUT2D eigenvalue weighted by atomic mass is 10.2. The second-order valence-corrected chi connectivity index (χ2v) is 3.82. The van der Waals surface area contributed by atoms with Crippen LogP contribution in [0.25, 0.3) is 0 Å². The molecule has 0 aromatic heterocycles. The quantitative estimate of drug-likeness (QED) is 0.399. The van der Waals surface area contributed by atoms with Crippen molar-refractivity contribution in [2.75, 3.05) is 18.7 Å². The normalized spacial score (nSPS) is 12.5. The van der Waals surface area contributed by atoms with Gasteiger partial charge in [-0.1, -0.05) is 0 Å². The molecule has 19 heavy (non-hydrogen) atoms. The number of hydrogen-bond acceptors (Lipinski definition) is 3. The number of anilines is 1. The van der Waals surface area contributed by atoms with Crippen molar-refractivity contribution in [3.63, 3.8) is 0 Å². The summed E-state index contributed by atoms with van der Waals surface area (Å²) in [5, 5.41) is 0.538. The number of ether oxygens (including phenoxy) is 1. The van der Waals surface area contributed by atoms with Gasteiger partial charge in [0.15, 0.2) is 0 Å². The van der Waals surface area contributed by atoms with Gasteiger partial charge in [0.2, 0.25) is 5.84 Å². The summed E-state index contributed by atoms with van der Waals surface area (Å²) in [4.78, 5) is 3.41. The third-order valence-electron chi connectivity index (χ3n) is 2.45. The minimum atomic E-state index is -4.60. The number of nitrogens with two attached hydrogens (primary N) is 1. The molecule has 0 spiro atoms. The number of hydrazine groups is 1. The first-order chi connectivity index (χ1) is 8.81. The van der Waals surface area contributed by atoms with Crippen LogP contribution >= 0.6 is 0 Å². The molecule has 0 aliphatic rings. The lowest BCUT2D eigenvalue weighted by Crippen LogP contribution is -2.46. The van der Waals surface area contributed by atoms with Gasteiger partial charge in [0, 0.05) is 6.54 Å². The van der Waals surface area contributed by atoms with E-state index in [0.29, 0.717) is 16.3 Å². The van der Waals surface area contributed by atoms with E-state index in [4.69, 9.17) is 10.6 Å². The second kappa shape index (κ2) is 5.92. The summed E-state index contributed by atoms with van der Waals surface area (Å²) < 4.78 is 43.5. The van der Waals surface area contributed by atoms with Gasteiger partial charge in [0.25, 0.3) is 0 Å². The van der Waals surface area contributed by atoms with E-state index in [0.717, 1.165) is 0 Å². The lowest BCUT2D eigenvalue weighted by Gasteiger charge is -2.23. The monoisotopic (exact) mass is 275 g/mol. The van der Waals surface area contributed by atoms with Gasteiger partial charge < -0.3 is 4.74 Å². The predicted octanol–water partition coefficient (Wildman–Crippen LogP) is 2.66. The number of alkyl halides is 3. The number of halogens is 3. The third-order valence-corrected chi connectivity index (χ3v) is 2.45. The zero-order valence-electron chi connectivity index (χ0n) is 11.0. The van der Waals surface area contributed by atoms with Gasteiger partial charge in [-0.3, -0.25) is 10.0 Å². The molecule has 0 radical (unpaired) electrons. The number of rotatable bonds is 3. The maximum atomic E-state index is 12.8. The number of aryl methyl sites for hydroxylation is 1. The molecule has 2 N–H and O–H groups in total. The van der Waals surface area contributed by atoms with Gasteiger partial charge in [0.1, 0.15) is 5.75 Å². The highest BCUT2D eigenvalue weighted by molar-refractivity contribution is 6.00. The molecule has 0 saturated carbocycles. The summed E-state index contributed by atoms with van der Waals surface area (Å²) in [5.41, 5.74) is 0.885. The zero-order valence-corrected chi connectivity index (χ0v) is 11.0. The maximum absolute atomic E-state index is 12.8. The molecule has 106 valence electrons. The summed E-state index contributed by atoms with van der Waals surface area (Å²) in [6.07, 6.45) is -4.60. The van der Waals surface area contributed by atoms with Gasteiger partial charge in [-0.2, -0.15) is 13.2 Å². The standard InChI is InChI=1S/C12H16F3N3O/c1-4-17-11(12(13,14)15)18(16)9-5-6-10(19-3)8(2)7-9/h5-7H,4,16H2,1-3H3. The number of amidine groups is 1. The second-order valence-electron chi connectivity index (χ2n) is 3.82. The van der Waals surface area contributed by atoms with Gasteiger partial charge in [-0.25, -0.2) is 5.84 Å². The van der Waals surface area contributed by atoms with E-state index < -0.39 is 12.0 Å². The molecular weight excluding hydrogens is 259 g/mol. The molecule has 0 aliphatic heterocycles. The van der Waals surface area contributed by atoms with Crippen molar-refractivity contribution in [3.05, 3.63) is 23.8 Å². The van der Waals surface area contributed by atoms with E-state index in [1.807, 2.05) is 0 Å². The fourth-order valence-electron chi connectivity index (χ4n) is 1.59. The van der Waals surface area contributed by atoms with Gasteiger partial charge in [0.05, 0.1) is 12.8 Å². The van der Waals surface area contributed by atoms with Crippen molar-refractivity contribution < 1.29 is 17.9 Å². The van der Waals surface area contributed by atoms with Gasteiger partial charge in [-0.05, 0) is 37.6 Å². The Hall–Kier alpha value is -1.76. The Kier molecular flexibility index (Phi) is 4.77. The lowest BCUT2D eigenvalue weighted by molar-refractivity contribution is -0.0604. The summed E-state index contributed by atoms with van der Waals surface area (Å²) in [6.45, 7) is 3.23. The van der Waals surface area contributed by atoms with Crippen molar-refractivity contribution >= 4 is 11.5 Å². The Morgan fingerprint density at radius 1 is 1.42 bits per heavy atom. The maximum Gasteiger partial charge on any atom is 0.450 e. The molecule has 7 heteroatoms. The average Bonchev–Trinajstić information content (AvgIpc) is 2.33. The van der Waals surface area contributed by atoms with Crippen molar-refractivity contribution in [3.8, 4) is 5.75 Å². The van der Waals surface area contributed by atoms with E-state index in [2.05, 4.69) is 4.99 Å². The van der Waals surface area contributed by atoms with Crippen LogP contribution in [0.4, 0.5) is 18.9 Å². The van der Waals surface area contributed by atoms with Crippen molar-refractivity contribution in [2.45, 2.75) is 20.0 Å². The summed E-state index contributed by atoms with van der Waals surface area (Å²) in [7, 11) is 1.49. The highest BCUT2D eigenvalue weighted by Gasteiger charge is 2.39. The number of hydrogen-bond donors (Lipinski definition) is 1. The van der Waals surface area contributed by atoms with Crippen LogP contribution < -0.4 is 15.6 Å². The highest BCUT2D eigenvalue weighted by Crippen LogP contribution is 2.26. The van der Waals surface area contributed by atoms with Crippen LogP contribution in [0.5, 0.6) is 5.75 Å². The first kappa shape index (κ1) is 15.3. The molecule has 0 unspecified atom stereocenters. The van der Waals surface area contributed by atoms with Crippen molar-refractivity contribution in [2.24, 2.45) is 10.8 Å². The average molecular weight is 275 g/mol. The smallest absolute Gasteiger partial charge is 0.450 e. The summed E-state index contributed by atoms with van der Waals surface area (Å²) in [5.74, 6) is 4.97. The molecule has 4 nitrogen and oxygen atoms in total. The molecule has 1 aromatic rings. The molecule has 1 aromatic carbocycles. The van der Waals surface area contributed by atoms with Crippen LogP contribution in [-0.4, -0.2) is 25.7 Å². The number of methoxy groups -OCH3 is 1. The molecule has 0 saturated heterocycles. The van der Waals surface area contributed by atoms with Crippen LogP contribution in [0, 0.1) is 6.92 Å². The van der Waals surface area contributed by atoms with Crippen LogP contribution in [-0.2, 0) is 0 Å². The topological polar surface area (TPSA) is 50.8 Å². The van der Waals surface area contributed by atoms with Gasteiger partial charge >= 0.3 is 6.18 Å². The van der Waals surface area contributed by atoms with Crippen molar-refractivity contribution in [1.82, 2.24) is 0 Å². The Morgan fingerprint density at radius 2 is 2.05 bits per heavy atom. The minimum Gasteiger partial charge on any atom is -0.496 e. The third kappa shape index (κ3) is 3.60. The van der Waals surface area contributed by atoms with Crippen LogP contribution in [0.3, 0.4) is 0 Å². The Balaban J connectivity index is 3.14. The first-order valence-electron chi connectivity index (χ1n) is 5.62. The fourth-order valence-corrected chi connectivity index (χ4v) is 1.59. The minimum absolute atomic E-state index is 0.00230. The fraction of sp³-hybridized carbons (Fsp3) is 0.417. The Morgan fingerprint density at radius 3 is 2.47 bits per heavy atom. The van der Waals surface area contributed by atoms with E-state index in [9.17, 15) is 13.2 Å². The van der Waals surface area contributed by atoms with E-state index >= 15 is 0 Å². The SMILES string of the molecule is CCN=C(N(N)c1ccc(OC)c(C)c1)C(F)(F)F. The molecule has 0 heterocycles. The Labute approximate surface area is 109 Å². The molecular formula is C12H16F3N3O. The first-order valence-corrected chi connectivity index (χ1v) is 5.62. The van der Waals surface area contributed by atoms with Crippen LogP contribution in [0.1, 0.15) is 12.5 Å². The molecule has 1 rings (SSSR count). The number of nitrogens with zero attached hydrogens (tertiary/aromatic N) is 2. The molecule has 0 bridgehead atoms.